The number of alkyl halides is 3. The molecule has 0 saturated carbocycles. The van der Waals surface area contributed by atoms with Gasteiger partial charge < -0.3 is 14.2 Å². The van der Waals surface area contributed by atoms with Crippen LogP contribution >= 0.6 is 0 Å². The van der Waals surface area contributed by atoms with Crippen molar-refractivity contribution < 1.29 is 22.7 Å². The summed E-state index contributed by atoms with van der Waals surface area (Å²) >= 11 is 0. The molecule has 3 aromatic rings. The van der Waals surface area contributed by atoms with Crippen LogP contribution in [0.15, 0.2) is 48.8 Å². The molecule has 0 bridgehead atoms. The van der Waals surface area contributed by atoms with E-state index in [0.29, 0.717) is 13.1 Å². The van der Waals surface area contributed by atoms with Crippen LogP contribution in [-0.2, 0) is 24.4 Å². The van der Waals surface area contributed by atoms with E-state index < -0.39 is 11.7 Å². The molecule has 5 nitrogen and oxygen atoms in total. The summed E-state index contributed by atoms with van der Waals surface area (Å²) in [5.41, 5.74) is 1.21. The van der Waals surface area contributed by atoms with Gasteiger partial charge in [-0.05, 0) is 17.7 Å². The monoisotopic (exact) mass is 389 g/mol. The summed E-state index contributed by atoms with van der Waals surface area (Å²) in [6.45, 7) is 0.670. The molecule has 0 aliphatic carbocycles. The molecule has 2 aromatic heterocycles. The van der Waals surface area contributed by atoms with Crippen molar-refractivity contribution in [2.45, 2.75) is 18.7 Å². The van der Waals surface area contributed by atoms with Gasteiger partial charge in [0, 0.05) is 36.4 Å². The zero-order valence-electron chi connectivity index (χ0n) is 15.1. The lowest BCUT2D eigenvalue weighted by atomic mass is 10.1. The number of aryl methyl sites for hydroxylation is 1. The quantitative estimate of drug-likeness (QED) is 0.687. The van der Waals surface area contributed by atoms with E-state index in [-0.39, 0.29) is 24.3 Å². The SMILES string of the molecule is Cn1cc(CC(=O)N2CC(Oc3cc(C(F)(F)F)ccn3)C2)c2ccccc21. The summed E-state index contributed by atoms with van der Waals surface area (Å²) < 4.78 is 45.7. The maximum Gasteiger partial charge on any atom is 0.416 e. The van der Waals surface area contributed by atoms with Gasteiger partial charge in [0.05, 0.1) is 25.1 Å². The minimum atomic E-state index is -4.44. The minimum Gasteiger partial charge on any atom is -0.471 e. The van der Waals surface area contributed by atoms with Crippen molar-refractivity contribution in [3.8, 4) is 5.88 Å². The third-order valence-electron chi connectivity index (χ3n) is 4.87. The third-order valence-corrected chi connectivity index (χ3v) is 4.87. The molecular formula is C20H18F3N3O2. The third kappa shape index (κ3) is 3.54. The molecule has 146 valence electrons. The highest BCUT2D eigenvalue weighted by atomic mass is 19.4. The van der Waals surface area contributed by atoms with Crippen molar-refractivity contribution in [2.75, 3.05) is 13.1 Å². The Morgan fingerprint density at radius 3 is 2.75 bits per heavy atom. The van der Waals surface area contributed by atoms with Crippen molar-refractivity contribution in [2.24, 2.45) is 7.05 Å². The number of likely N-dealkylation sites (tertiary alicyclic amines) is 1. The van der Waals surface area contributed by atoms with E-state index >= 15 is 0 Å². The number of hydrogen-bond acceptors (Lipinski definition) is 3. The molecule has 1 fully saturated rings. The molecule has 0 unspecified atom stereocenters. The van der Waals surface area contributed by atoms with Crippen LogP contribution in [0.4, 0.5) is 13.2 Å². The van der Waals surface area contributed by atoms with Gasteiger partial charge in [-0.3, -0.25) is 4.79 Å². The number of hydrogen-bond donors (Lipinski definition) is 0. The number of para-hydroxylation sites is 1. The average Bonchev–Trinajstić information content (AvgIpc) is 2.93. The van der Waals surface area contributed by atoms with Crippen molar-refractivity contribution in [1.29, 1.82) is 0 Å². The summed E-state index contributed by atoms with van der Waals surface area (Å²) in [6.07, 6.45) is -1.51. The summed E-state index contributed by atoms with van der Waals surface area (Å²) in [5, 5.41) is 1.04. The number of carbonyl (C=O) groups excluding carboxylic acids is 1. The second kappa shape index (κ2) is 6.85. The van der Waals surface area contributed by atoms with Crippen LogP contribution in [0.3, 0.4) is 0 Å². The van der Waals surface area contributed by atoms with Crippen LogP contribution in [0.25, 0.3) is 10.9 Å². The molecule has 1 aromatic carbocycles. The topological polar surface area (TPSA) is 47.4 Å². The zero-order chi connectivity index (χ0) is 19.9. The first-order valence-electron chi connectivity index (χ1n) is 8.82. The van der Waals surface area contributed by atoms with E-state index in [1.165, 1.54) is 0 Å². The number of nitrogens with zero attached hydrogens (tertiary/aromatic N) is 3. The molecule has 4 rings (SSSR count). The van der Waals surface area contributed by atoms with Crippen molar-refractivity contribution in [1.82, 2.24) is 14.5 Å². The number of fused-ring (bicyclic) bond motifs is 1. The molecule has 1 saturated heterocycles. The average molecular weight is 389 g/mol. The standard InChI is InChI=1S/C20H18F3N3O2/c1-25-10-13(16-4-2-3-5-17(16)25)8-19(27)26-11-15(12-26)28-18-9-14(6-7-24-18)20(21,22)23/h2-7,9-10,15H,8,11-12H2,1H3. The molecule has 28 heavy (non-hydrogen) atoms. The number of benzene rings is 1. The summed E-state index contributed by atoms with van der Waals surface area (Å²) in [5.74, 6) is -0.116. The summed E-state index contributed by atoms with van der Waals surface area (Å²) in [7, 11) is 1.94. The smallest absolute Gasteiger partial charge is 0.416 e. The summed E-state index contributed by atoms with van der Waals surface area (Å²) in [4.78, 5) is 18.0. The Hall–Kier alpha value is -3.03. The van der Waals surface area contributed by atoms with Crippen LogP contribution in [0.1, 0.15) is 11.1 Å². The molecule has 8 heteroatoms. The van der Waals surface area contributed by atoms with Crippen molar-refractivity contribution >= 4 is 16.8 Å². The second-order valence-electron chi connectivity index (χ2n) is 6.88. The van der Waals surface area contributed by atoms with Crippen LogP contribution in [0.5, 0.6) is 5.88 Å². The Labute approximate surface area is 159 Å². The number of amides is 1. The van der Waals surface area contributed by atoms with Crippen LogP contribution < -0.4 is 4.74 Å². The Balaban J connectivity index is 1.36. The van der Waals surface area contributed by atoms with Crippen molar-refractivity contribution in [3.63, 3.8) is 0 Å². The lowest BCUT2D eigenvalue weighted by molar-refractivity contribution is -0.139. The van der Waals surface area contributed by atoms with E-state index in [0.717, 1.165) is 34.8 Å². The van der Waals surface area contributed by atoms with Crippen LogP contribution in [-0.4, -0.2) is 39.6 Å². The highest BCUT2D eigenvalue weighted by Crippen LogP contribution is 2.31. The molecule has 0 radical (unpaired) electrons. The van der Waals surface area contributed by atoms with Crippen molar-refractivity contribution in [3.05, 3.63) is 59.9 Å². The molecule has 3 heterocycles. The van der Waals surface area contributed by atoms with E-state index in [2.05, 4.69) is 4.98 Å². The molecule has 1 aliphatic heterocycles. The van der Waals surface area contributed by atoms with E-state index in [4.69, 9.17) is 4.74 Å². The first-order valence-corrected chi connectivity index (χ1v) is 8.82. The van der Waals surface area contributed by atoms with E-state index in [1.807, 2.05) is 42.1 Å². The van der Waals surface area contributed by atoms with Gasteiger partial charge >= 0.3 is 6.18 Å². The molecule has 0 atom stereocenters. The minimum absolute atomic E-state index is 0.0341. The zero-order valence-corrected chi connectivity index (χ0v) is 15.1. The van der Waals surface area contributed by atoms with E-state index in [9.17, 15) is 18.0 Å². The Morgan fingerprint density at radius 1 is 1.25 bits per heavy atom. The highest BCUT2D eigenvalue weighted by molar-refractivity contribution is 5.89. The van der Waals surface area contributed by atoms with Gasteiger partial charge in [-0.15, -0.1) is 0 Å². The number of pyridine rings is 1. The number of rotatable bonds is 4. The first kappa shape index (κ1) is 18.3. The van der Waals surface area contributed by atoms with Crippen LogP contribution in [0, 0.1) is 0 Å². The molecule has 1 aliphatic rings. The molecular weight excluding hydrogens is 371 g/mol. The first-order chi connectivity index (χ1) is 13.3. The Bertz CT molecular complexity index is 1020. The lowest BCUT2D eigenvalue weighted by Gasteiger charge is -2.38. The van der Waals surface area contributed by atoms with Gasteiger partial charge in [-0.2, -0.15) is 13.2 Å². The number of ether oxygens (including phenoxy) is 1. The molecule has 1 amide bonds. The van der Waals surface area contributed by atoms with Gasteiger partial charge in [0.25, 0.3) is 0 Å². The van der Waals surface area contributed by atoms with Gasteiger partial charge in [0.2, 0.25) is 11.8 Å². The summed E-state index contributed by atoms with van der Waals surface area (Å²) in [6, 6.07) is 9.64. The fourth-order valence-corrected chi connectivity index (χ4v) is 3.38. The second-order valence-corrected chi connectivity index (χ2v) is 6.88. The van der Waals surface area contributed by atoms with Crippen LogP contribution in [0.2, 0.25) is 0 Å². The number of halogens is 3. The number of aromatic nitrogens is 2. The lowest BCUT2D eigenvalue weighted by Crippen LogP contribution is -2.56. The van der Waals surface area contributed by atoms with Gasteiger partial charge in [0.1, 0.15) is 6.10 Å². The van der Waals surface area contributed by atoms with Gasteiger partial charge in [-0.25, -0.2) is 4.98 Å². The van der Waals surface area contributed by atoms with Gasteiger partial charge in [0.15, 0.2) is 0 Å². The fourth-order valence-electron chi connectivity index (χ4n) is 3.38. The normalized spacial score (nSPS) is 14.9. The number of carbonyl (C=O) groups is 1. The molecule has 0 spiro atoms. The predicted octanol–water partition coefficient (Wildman–Crippen LogP) is 3.42. The molecule has 0 N–H and O–H groups in total. The van der Waals surface area contributed by atoms with E-state index in [1.54, 1.807) is 4.90 Å². The largest absolute Gasteiger partial charge is 0.471 e. The maximum atomic E-state index is 12.8. The van der Waals surface area contributed by atoms with Gasteiger partial charge in [-0.1, -0.05) is 18.2 Å². The predicted molar refractivity (Wildman–Crippen MR) is 96.9 cm³/mol. The maximum absolute atomic E-state index is 12.8. The Morgan fingerprint density at radius 2 is 2.00 bits per heavy atom. The Kier molecular flexibility index (Phi) is 4.49. The fraction of sp³-hybridized carbons (Fsp3) is 0.300. The highest BCUT2D eigenvalue weighted by Gasteiger charge is 2.34.